The Morgan fingerprint density at radius 2 is 1.90 bits per heavy atom. The number of aromatic nitrogens is 2. The monoisotopic (exact) mass is 460 g/mol. The zero-order valence-corrected chi connectivity index (χ0v) is 18.2. The van der Waals surface area contributed by atoms with E-state index in [-0.39, 0.29) is 16.9 Å². The molecule has 3 rings (SSSR count). The molecule has 1 heterocycles. The highest BCUT2D eigenvalue weighted by Gasteiger charge is 2.31. The summed E-state index contributed by atoms with van der Waals surface area (Å²) in [7, 11) is 1.87. The summed E-state index contributed by atoms with van der Waals surface area (Å²) in [5.41, 5.74) is 0.554. The maximum absolute atomic E-state index is 12.7. The van der Waals surface area contributed by atoms with Gasteiger partial charge in [0.05, 0.1) is 5.25 Å². The Balaban J connectivity index is 1.53. The standard InChI is InChI=1S/C19H23F3N4O2S2/c1-12(16(27)26(2)14-6-4-3-5-7-14)29-18-25-24-17(30-18)23-13-8-10-15(11-9-13)28-19(20,21)22/h8-12,14H,3-7H2,1-2H3,(H,23,24)/t12-/m0/s1. The fourth-order valence-corrected chi connectivity index (χ4v) is 5.33. The van der Waals surface area contributed by atoms with Gasteiger partial charge in [-0.15, -0.1) is 23.4 Å². The van der Waals surface area contributed by atoms with Crippen LogP contribution in [0.2, 0.25) is 0 Å². The normalized spacial score (nSPS) is 16.2. The van der Waals surface area contributed by atoms with Crippen LogP contribution in [0.5, 0.6) is 5.75 Å². The van der Waals surface area contributed by atoms with Crippen LogP contribution in [0.25, 0.3) is 0 Å². The van der Waals surface area contributed by atoms with Gasteiger partial charge in [0.1, 0.15) is 5.75 Å². The number of carbonyl (C=O) groups excluding carboxylic acids is 1. The molecule has 0 bridgehead atoms. The highest BCUT2D eigenvalue weighted by atomic mass is 32.2. The largest absolute Gasteiger partial charge is 0.573 e. The Morgan fingerprint density at radius 1 is 1.23 bits per heavy atom. The topological polar surface area (TPSA) is 67.4 Å². The molecule has 164 valence electrons. The molecule has 2 aromatic rings. The minimum absolute atomic E-state index is 0.0804. The lowest BCUT2D eigenvalue weighted by Crippen LogP contribution is -2.42. The molecule has 1 amide bonds. The van der Waals surface area contributed by atoms with Crippen LogP contribution in [0.1, 0.15) is 39.0 Å². The number of hydrogen-bond donors (Lipinski definition) is 1. The van der Waals surface area contributed by atoms with Gasteiger partial charge in [-0.1, -0.05) is 42.4 Å². The van der Waals surface area contributed by atoms with Gasteiger partial charge in [0.15, 0.2) is 4.34 Å². The van der Waals surface area contributed by atoms with Gasteiger partial charge in [-0.05, 0) is 44.0 Å². The van der Waals surface area contributed by atoms with Crippen molar-refractivity contribution in [3.05, 3.63) is 24.3 Å². The van der Waals surface area contributed by atoms with Crippen molar-refractivity contribution < 1.29 is 22.7 Å². The Bertz CT molecular complexity index is 839. The summed E-state index contributed by atoms with van der Waals surface area (Å²) in [5.74, 6) is -0.215. The number of rotatable bonds is 7. The maximum Gasteiger partial charge on any atom is 0.573 e. The summed E-state index contributed by atoms with van der Waals surface area (Å²) in [6.45, 7) is 1.86. The second-order valence-electron chi connectivity index (χ2n) is 7.07. The van der Waals surface area contributed by atoms with E-state index in [1.54, 1.807) is 0 Å². The molecule has 1 aromatic heterocycles. The van der Waals surface area contributed by atoms with E-state index in [4.69, 9.17) is 0 Å². The number of thioether (sulfide) groups is 1. The minimum atomic E-state index is -4.72. The number of carbonyl (C=O) groups is 1. The fourth-order valence-electron chi connectivity index (χ4n) is 3.31. The molecule has 0 spiro atoms. The highest BCUT2D eigenvalue weighted by Crippen LogP contribution is 2.32. The second-order valence-corrected chi connectivity index (χ2v) is 9.64. The minimum Gasteiger partial charge on any atom is -0.406 e. The van der Waals surface area contributed by atoms with Gasteiger partial charge in [0.2, 0.25) is 11.0 Å². The van der Waals surface area contributed by atoms with Crippen molar-refractivity contribution in [3.63, 3.8) is 0 Å². The number of amides is 1. The summed E-state index contributed by atoms with van der Waals surface area (Å²) in [6.07, 6.45) is 0.955. The first kappa shape index (κ1) is 22.7. The SMILES string of the molecule is C[C@H](Sc1nnc(Nc2ccc(OC(F)(F)F)cc2)s1)C(=O)N(C)C1CCCCC1. The van der Waals surface area contributed by atoms with E-state index >= 15 is 0 Å². The molecule has 0 saturated heterocycles. The molecule has 0 aliphatic heterocycles. The van der Waals surface area contributed by atoms with Gasteiger partial charge in [-0.25, -0.2) is 0 Å². The van der Waals surface area contributed by atoms with Gasteiger partial charge in [-0.3, -0.25) is 4.79 Å². The van der Waals surface area contributed by atoms with E-state index < -0.39 is 6.36 Å². The molecule has 1 atom stereocenters. The molecule has 0 radical (unpaired) electrons. The van der Waals surface area contributed by atoms with Crippen molar-refractivity contribution in [1.82, 2.24) is 15.1 Å². The summed E-state index contributed by atoms with van der Waals surface area (Å²) in [5, 5.41) is 11.3. The predicted molar refractivity (Wildman–Crippen MR) is 111 cm³/mol. The van der Waals surface area contributed by atoms with Crippen molar-refractivity contribution in [1.29, 1.82) is 0 Å². The summed E-state index contributed by atoms with van der Waals surface area (Å²) in [6, 6.07) is 5.66. The first-order chi connectivity index (χ1) is 14.2. The molecule has 11 heteroatoms. The van der Waals surface area contributed by atoms with Crippen LogP contribution in [0.4, 0.5) is 24.0 Å². The van der Waals surface area contributed by atoms with Crippen LogP contribution in [-0.2, 0) is 4.79 Å². The number of anilines is 2. The molecule has 6 nitrogen and oxygen atoms in total. The summed E-state index contributed by atoms with van der Waals surface area (Å²) < 4.78 is 41.2. The quantitative estimate of drug-likeness (QED) is 0.554. The van der Waals surface area contributed by atoms with Crippen LogP contribution in [0.15, 0.2) is 28.6 Å². The number of nitrogens with one attached hydrogen (secondary N) is 1. The highest BCUT2D eigenvalue weighted by molar-refractivity contribution is 8.02. The lowest BCUT2D eigenvalue weighted by molar-refractivity contribution is -0.274. The molecule has 1 aliphatic carbocycles. The number of halogens is 3. The second kappa shape index (κ2) is 9.86. The Hall–Kier alpha value is -2.01. The van der Waals surface area contributed by atoms with Crippen LogP contribution in [0, 0.1) is 0 Å². The van der Waals surface area contributed by atoms with Crippen molar-refractivity contribution in [2.45, 2.75) is 61.0 Å². The average Bonchev–Trinajstić information content (AvgIpc) is 3.14. The van der Waals surface area contributed by atoms with Gasteiger partial charge in [-0.2, -0.15) is 0 Å². The van der Waals surface area contributed by atoms with E-state index in [1.165, 1.54) is 66.6 Å². The summed E-state index contributed by atoms with van der Waals surface area (Å²) >= 11 is 2.64. The van der Waals surface area contributed by atoms with E-state index in [0.29, 0.717) is 21.2 Å². The van der Waals surface area contributed by atoms with Crippen molar-refractivity contribution in [3.8, 4) is 5.75 Å². The lowest BCUT2D eigenvalue weighted by Gasteiger charge is -2.32. The third-order valence-electron chi connectivity index (χ3n) is 4.84. The lowest BCUT2D eigenvalue weighted by atomic mass is 9.94. The van der Waals surface area contributed by atoms with Gasteiger partial charge in [0, 0.05) is 18.8 Å². The average molecular weight is 461 g/mol. The van der Waals surface area contributed by atoms with E-state index in [2.05, 4.69) is 20.3 Å². The summed E-state index contributed by atoms with van der Waals surface area (Å²) in [4.78, 5) is 14.6. The van der Waals surface area contributed by atoms with Crippen LogP contribution >= 0.6 is 23.1 Å². The molecule has 1 saturated carbocycles. The molecular weight excluding hydrogens is 437 g/mol. The van der Waals surface area contributed by atoms with Gasteiger partial charge >= 0.3 is 6.36 Å². The number of alkyl halides is 3. The van der Waals surface area contributed by atoms with Crippen molar-refractivity contribution >= 4 is 39.8 Å². The third-order valence-corrected chi connectivity index (χ3v) is 6.85. The third kappa shape index (κ3) is 6.49. The zero-order valence-electron chi connectivity index (χ0n) is 16.6. The van der Waals surface area contributed by atoms with E-state index in [9.17, 15) is 18.0 Å². The van der Waals surface area contributed by atoms with Crippen molar-refractivity contribution in [2.24, 2.45) is 0 Å². The first-order valence-electron chi connectivity index (χ1n) is 9.61. The number of ether oxygens (including phenoxy) is 1. The molecule has 1 aliphatic rings. The van der Waals surface area contributed by atoms with Crippen LogP contribution in [-0.4, -0.2) is 45.7 Å². The number of nitrogens with zero attached hydrogens (tertiary/aromatic N) is 3. The molecular formula is C19H23F3N4O2S2. The Kier molecular flexibility index (Phi) is 7.45. The van der Waals surface area contributed by atoms with Gasteiger partial charge in [0.25, 0.3) is 0 Å². The van der Waals surface area contributed by atoms with Gasteiger partial charge < -0.3 is 15.0 Å². The number of benzene rings is 1. The predicted octanol–water partition coefficient (Wildman–Crippen LogP) is 5.45. The van der Waals surface area contributed by atoms with Crippen LogP contribution in [0.3, 0.4) is 0 Å². The molecule has 30 heavy (non-hydrogen) atoms. The molecule has 1 fully saturated rings. The van der Waals surface area contributed by atoms with E-state index in [1.807, 2.05) is 18.9 Å². The van der Waals surface area contributed by atoms with Crippen molar-refractivity contribution in [2.75, 3.05) is 12.4 Å². The fraction of sp³-hybridized carbons (Fsp3) is 0.526. The molecule has 1 aromatic carbocycles. The maximum atomic E-state index is 12.7. The Labute approximate surface area is 181 Å². The van der Waals surface area contributed by atoms with Crippen LogP contribution < -0.4 is 10.1 Å². The molecule has 1 N–H and O–H groups in total. The van der Waals surface area contributed by atoms with E-state index in [0.717, 1.165) is 12.8 Å². The Morgan fingerprint density at radius 3 is 2.53 bits per heavy atom. The smallest absolute Gasteiger partial charge is 0.406 e. The molecule has 0 unspecified atom stereocenters. The number of hydrogen-bond acceptors (Lipinski definition) is 7. The first-order valence-corrected chi connectivity index (χ1v) is 11.3. The zero-order chi connectivity index (χ0) is 21.7.